The van der Waals surface area contributed by atoms with E-state index in [9.17, 15) is 0 Å². The zero-order chi connectivity index (χ0) is 14.7. The zero-order valence-corrected chi connectivity index (χ0v) is 13.0. The highest BCUT2D eigenvalue weighted by molar-refractivity contribution is 5.68. The molecule has 0 spiro atoms. The minimum absolute atomic E-state index is 0.533. The SMILES string of the molecule is CC(C)CNCC1CCCCN1c1nccn2nccc12. The summed E-state index contributed by atoms with van der Waals surface area (Å²) >= 11 is 0. The second-order valence-corrected chi connectivity index (χ2v) is 6.31. The second-order valence-electron chi connectivity index (χ2n) is 6.31. The van der Waals surface area contributed by atoms with Crippen LogP contribution >= 0.6 is 0 Å². The van der Waals surface area contributed by atoms with Crippen molar-refractivity contribution in [1.82, 2.24) is 19.9 Å². The molecule has 1 fully saturated rings. The molecule has 3 rings (SSSR count). The maximum Gasteiger partial charge on any atom is 0.154 e. The van der Waals surface area contributed by atoms with E-state index in [1.54, 1.807) is 0 Å². The van der Waals surface area contributed by atoms with Gasteiger partial charge in [-0.25, -0.2) is 9.50 Å². The van der Waals surface area contributed by atoms with Gasteiger partial charge in [0.15, 0.2) is 5.82 Å². The van der Waals surface area contributed by atoms with Crippen LogP contribution in [0, 0.1) is 5.92 Å². The lowest BCUT2D eigenvalue weighted by atomic mass is 10.0. The predicted octanol–water partition coefficient (Wildman–Crippen LogP) is 2.33. The number of anilines is 1. The van der Waals surface area contributed by atoms with Crippen molar-refractivity contribution < 1.29 is 0 Å². The summed E-state index contributed by atoms with van der Waals surface area (Å²) in [5, 5.41) is 7.92. The molecular formula is C16H25N5. The smallest absolute Gasteiger partial charge is 0.154 e. The van der Waals surface area contributed by atoms with Gasteiger partial charge in [-0.3, -0.25) is 0 Å². The number of nitrogens with one attached hydrogen (secondary N) is 1. The molecule has 0 radical (unpaired) electrons. The average Bonchev–Trinajstić information content (AvgIpc) is 2.96. The van der Waals surface area contributed by atoms with Crippen molar-refractivity contribution in [3.63, 3.8) is 0 Å². The van der Waals surface area contributed by atoms with Gasteiger partial charge in [0, 0.05) is 31.5 Å². The first-order valence-electron chi connectivity index (χ1n) is 8.01. The van der Waals surface area contributed by atoms with Crippen molar-refractivity contribution in [2.75, 3.05) is 24.5 Å². The fourth-order valence-corrected chi connectivity index (χ4v) is 3.09. The molecule has 0 aliphatic carbocycles. The van der Waals surface area contributed by atoms with Crippen LogP contribution in [0.4, 0.5) is 5.82 Å². The Hall–Kier alpha value is -1.62. The first-order valence-corrected chi connectivity index (χ1v) is 8.01. The Morgan fingerprint density at radius 3 is 3.10 bits per heavy atom. The number of aromatic nitrogens is 3. The maximum atomic E-state index is 4.63. The van der Waals surface area contributed by atoms with E-state index < -0.39 is 0 Å². The molecule has 1 aliphatic rings. The predicted molar refractivity (Wildman–Crippen MR) is 85.7 cm³/mol. The largest absolute Gasteiger partial charge is 0.351 e. The molecule has 5 heteroatoms. The Kier molecular flexibility index (Phi) is 4.39. The molecule has 0 bridgehead atoms. The minimum Gasteiger partial charge on any atom is -0.351 e. The second kappa shape index (κ2) is 6.43. The topological polar surface area (TPSA) is 45.5 Å². The summed E-state index contributed by atoms with van der Waals surface area (Å²) in [5.41, 5.74) is 1.10. The summed E-state index contributed by atoms with van der Waals surface area (Å²) in [6.45, 7) is 7.70. The highest BCUT2D eigenvalue weighted by Gasteiger charge is 2.25. The Balaban J connectivity index is 1.79. The van der Waals surface area contributed by atoms with Gasteiger partial charge >= 0.3 is 0 Å². The first-order chi connectivity index (χ1) is 10.3. The van der Waals surface area contributed by atoms with E-state index >= 15 is 0 Å². The van der Waals surface area contributed by atoms with Gasteiger partial charge in [0.25, 0.3) is 0 Å². The Morgan fingerprint density at radius 2 is 2.24 bits per heavy atom. The van der Waals surface area contributed by atoms with E-state index in [0.29, 0.717) is 12.0 Å². The molecule has 114 valence electrons. The lowest BCUT2D eigenvalue weighted by Gasteiger charge is -2.37. The van der Waals surface area contributed by atoms with Gasteiger partial charge in [0.1, 0.15) is 5.52 Å². The maximum absolute atomic E-state index is 4.63. The number of fused-ring (bicyclic) bond motifs is 1. The van der Waals surface area contributed by atoms with Crippen LogP contribution in [0.1, 0.15) is 33.1 Å². The van der Waals surface area contributed by atoms with E-state index in [1.807, 2.05) is 23.1 Å². The van der Waals surface area contributed by atoms with Crippen LogP contribution in [0.3, 0.4) is 0 Å². The van der Waals surface area contributed by atoms with Crippen LogP contribution in [-0.2, 0) is 0 Å². The molecule has 0 amide bonds. The molecular weight excluding hydrogens is 262 g/mol. The molecule has 21 heavy (non-hydrogen) atoms. The lowest BCUT2D eigenvalue weighted by molar-refractivity contribution is 0.421. The summed E-state index contributed by atoms with van der Waals surface area (Å²) in [7, 11) is 0. The van der Waals surface area contributed by atoms with Crippen molar-refractivity contribution in [3.8, 4) is 0 Å². The van der Waals surface area contributed by atoms with Gasteiger partial charge in [-0.15, -0.1) is 0 Å². The Bertz CT molecular complexity index is 577. The van der Waals surface area contributed by atoms with Gasteiger partial charge in [0.05, 0.1) is 6.20 Å². The molecule has 1 aliphatic heterocycles. The van der Waals surface area contributed by atoms with E-state index in [4.69, 9.17) is 0 Å². The van der Waals surface area contributed by atoms with Gasteiger partial charge in [-0.05, 0) is 37.8 Å². The van der Waals surface area contributed by atoms with E-state index in [2.05, 4.69) is 40.2 Å². The van der Waals surface area contributed by atoms with Crippen LogP contribution in [-0.4, -0.2) is 40.3 Å². The molecule has 0 saturated carbocycles. The molecule has 2 aromatic heterocycles. The number of rotatable bonds is 5. The fraction of sp³-hybridized carbons (Fsp3) is 0.625. The quantitative estimate of drug-likeness (QED) is 0.917. The van der Waals surface area contributed by atoms with Crippen molar-refractivity contribution in [2.45, 2.75) is 39.2 Å². The van der Waals surface area contributed by atoms with Crippen molar-refractivity contribution in [1.29, 1.82) is 0 Å². The van der Waals surface area contributed by atoms with Crippen LogP contribution in [0.25, 0.3) is 5.52 Å². The number of nitrogens with zero attached hydrogens (tertiary/aromatic N) is 4. The molecule has 1 N–H and O–H groups in total. The highest BCUT2D eigenvalue weighted by Crippen LogP contribution is 2.26. The molecule has 0 aromatic carbocycles. The molecule has 2 aromatic rings. The van der Waals surface area contributed by atoms with Gasteiger partial charge in [0.2, 0.25) is 0 Å². The summed E-state index contributed by atoms with van der Waals surface area (Å²) in [4.78, 5) is 7.10. The number of hydrogen-bond donors (Lipinski definition) is 1. The summed E-state index contributed by atoms with van der Waals surface area (Å²) in [6, 6.07) is 2.58. The molecule has 1 saturated heterocycles. The highest BCUT2D eigenvalue weighted by atomic mass is 15.3. The van der Waals surface area contributed by atoms with Gasteiger partial charge < -0.3 is 10.2 Å². The Morgan fingerprint density at radius 1 is 1.33 bits per heavy atom. The first kappa shape index (κ1) is 14.3. The van der Waals surface area contributed by atoms with E-state index in [1.165, 1.54) is 19.3 Å². The summed E-state index contributed by atoms with van der Waals surface area (Å²) in [5.74, 6) is 1.77. The monoisotopic (exact) mass is 287 g/mol. The third kappa shape index (κ3) is 3.18. The third-order valence-corrected chi connectivity index (χ3v) is 4.14. The number of piperidine rings is 1. The van der Waals surface area contributed by atoms with Crippen LogP contribution in [0.15, 0.2) is 24.7 Å². The zero-order valence-electron chi connectivity index (χ0n) is 13.0. The molecule has 1 unspecified atom stereocenters. The average molecular weight is 287 g/mol. The van der Waals surface area contributed by atoms with Crippen molar-refractivity contribution >= 4 is 11.3 Å². The van der Waals surface area contributed by atoms with Crippen molar-refractivity contribution in [2.24, 2.45) is 5.92 Å². The summed E-state index contributed by atoms with van der Waals surface area (Å²) < 4.78 is 1.91. The fourth-order valence-electron chi connectivity index (χ4n) is 3.09. The van der Waals surface area contributed by atoms with Crippen LogP contribution in [0.5, 0.6) is 0 Å². The third-order valence-electron chi connectivity index (χ3n) is 4.14. The van der Waals surface area contributed by atoms with Crippen LogP contribution in [0.2, 0.25) is 0 Å². The van der Waals surface area contributed by atoms with Gasteiger partial charge in [-0.2, -0.15) is 5.10 Å². The van der Waals surface area contributed by atoms with Crippen LogP contribution < -0.4 is 10.2 Å². The minimum atomic E-state index is 0.533. The van der Waals surface area contributed by atoms with E-state index in [-0.39, 0.29) is 0 Å². The molecule has 3 heterocycles. The Labute approximate surface area is 126 Å². The van der Waals surface area contributed by atoms with Crippen molar-refractivity contribution in [3.05, 3.63) is 24.7 Å². The van der Waals surface area contributed by atoms with E-state index in [0.717, 1.165) is 31.0 Å². The van der Waals surface area contributed by atoms with Gasteiger partial charge in [-0.1, -0.05) is 13.8 Å². The molecule has 5 nitrogen and oxygen atoms in total. The lowest BCUT2D eigenvalue weighted by Crippen LogP contribution is -2.46. The standard InChI is InChI=1S/C16H25N5/c1-13(2)11-17-12-14-5-3-4-9-20(14)16-15-6-7-19-21(15)10-8-18-16/h6-8,10,13-14,17H,3-5,9,11-12H2,1-2H3. The summed E-state index contributed by atoms with van der Waals surface area (Å²) in [6.07, 6.45) is 9.40. The normalized spacial score (nSPS) is 19.6. The molecule has 1 atom stereocenters. The number of hydrogen-bond acceptors (Lipinski definition) is 4.